The molecule has 0 amide bonds. The Morgan fingerprint density at radius 3 is 2.57 bits per heavy atom. The van der Waals surface area contributed by atoms with Crippen LogP contribution in [0.1, 0.15) is 17.2 Å². The molecule has 0 bridgehead atoms. The van der Waals surface area contributed by atoms with Crippen LogP contribution in [-0.4, -0.2) is 18.5 Å². The maximum Gasteiger partial charge on any atom is 0.0548 e. The topological polar surface area (TPSA) is 29.3 Å². The number of hydrogen-bond acceptors (Lipinski definition) is 2. The zero-order valence-electron chi connectivity index (χ0n) is 11.7. The smallest absolute Gasteiger partial charge is 0.0548 e. The Morgan fingerprint density at radius 2 is 1.95 bits per heavy atom. The summed E-state index contributed by atoms with van der Waals surface area (Å²) >= 11 is 13.0. The van der Waals surface area contributed by atoms with Crippen molar-refractivity contribution in [1.82, 2.24) is 4.90 Å². The zero-order valence-corrected chi connectivity index (χ0v) is 15.6. The van der Waals surface area contributed by atoms with Gasteiger partial charge in [-0.3, -0.25) is 4.90 Å². The highest BCUT2D eigenvalue weighted by Crippen LogP contribution is 2.28. The molecule has 0 aliphatic carbocycles. The van der Waals surface area contributed by atoms with Gasteiger partial charge in [-0.2, -0.15) is 0 Å². The number of likely N-dealkylation sites (N-methyl/N-ethyl adjacent to an activating group) is 1. The van der Waals surface area contributed by atoms with E-state index in [0.29, 0.717) is 11.6 Å². The van der Waals surface area contributed by atoms with Crippen molar-refractivity contribution < 1.29 is 0 Å². The van der Waals surface area contributed by atoms with E-state index >= 15 is 0 Å². The van der Waals surface area contributed by atoms with Crippen LogP contribution in [0.2, 0.25) is 5.02 Å². The Labute approximate surface area is 147 Å². The van der Waals surface area contributed by atoms with E-state index in [1.807, 2.05) is 30.3 Å². The van der Waals surface area contributed by atoms with Gasteiger partial charge in [0.2, 0.25) is 0 Å². The van der Waals surface area contributed by atoms with Crippen molar-refractivity contribution in [3.8, 4) is 0 Å². The van der Waals surface area contributed by atoms with Crippen molar-refractivity contribution in [2.45, 2.75) is 12.6 Å². The zero-order chi connectivity index (χ0) is 15.4. The molecule has 0 spiro atoms. The van der Waals surface area contributed by atoms with Crippen LogP contribution in [-0.2, 0) is 6.54 Å². The van der Waals surface area contributed by atoms with Crippen LogP contribution in [0, 0.1) is 0 Å². The molecule has 2 aromatic rings. The monoisotopic (exact) mass is 430 g/mol. The summed E-state index contributed by atoms with van der Waals surface area (Å²) in [7, 11) is 2.08. The second-order valence-electron chi connectivity index (χ2n) is 4.97. The number of halogens is 3. The van der Waals surface area contributed by atoms with Gasteiger partial charge in [0.25, 0.3) is 0 Å². The predicted molar refractivity (Wildman–Crippen MR) is 96.6 cm³/mol. The third-order valence-corrected chi connectivity index (χ3v) is 5.11. The highest BCUT2D eigenvalue weighted by atomic mass is 79.9. The lowest BCUT2D eigenvalue weighted by atomic mass is 10.0. The molecule has 1 atom stereocenters. The third kappa shape index (κ3) is 4.54. The van der Waals surface area contributed by atoms with Crippen LogP contribution in [0.4, 0.5) is 0 Å². The Bertz CT molecular complexity index is 619. The summed E-state index contributed by atoms with van der Waals surface area (Å²) in [5, 5.41) is 0.712. The second-order valence-corrected chi connectivity index (χ2v) is 7.15. The van der Waals surface area contributed by atoms with E-state index in [1.165, 1.54) is 5.56 Å². The molecule has 112 valence electrons. The van der Waals surface area contributed by atoms with E-state index in [0.717, 1.165) is 21.1 Å². The molecular formula is C16H17Br2ClN2. The summed E-state index contributed by atoms with van der Waals surface area (Å²) < 4.78 is 1.99. The van der Waals surface area contributed by atoms with Gasteiger partial charge in [-0.15, -0.1) is 0 Å². The van der Waals surface area contributed by atoms with E-state index in [-0.39, 0.29) is 6.04 Å². The largest absolute Gasteiger partial charge is 0.329 e. The summed E-state index contributed by atoms with van der Waals surface area (Å²) in [6.45, 7) is 1.39. The first-order valence-corrected chi connectivity index (χ1v) is 8.57. The summed E-state index contributed by atoms with van der Waals surface area (Å²) in [6, 6.07) is 14.4. The van der Waals surface area contributed by atoms with Crippen LogP contribution in [0.25, 0.3) is 0 Å². The second kappa shape index (κ2) is 7.75. The van der Waals surface area contributed by atoms with Gasteiger partial charge in [0.05, 0.1) is 5.02 Å². The van der Waals surface area contributed by atoms with Crippen LogP contribution >= 0.6 is 43.5 Å². The first-order valence-electron chi connectivity index (χ1n) is 6.61. The molecule has 1 unspecified atom stereocenters. The molecule has 0 saturated carbocycles. The van der Waals surface area contributed by atoms with Gasteiger partial charge in [0, 0.05) is 28.1 Å². The van der Waals surface area contributed by atoms with Gasteiger partial charge in [-0.05, 0) is 58.4 Å². The van der Waals surface area contributed by atoms with Crippen LogP contribution in [0.15, 0.2) is 51.4 Å². The minimum Gasteiger partial charge on any atom is -0.329 e. The third-order valence-electron chi connectivity index (χ3n) is 3.40. The highest BCUT2D eigenvalue weighted by Gasteiger charge is 2.16. The predicted octanol–water partition coefficient (Wildman–Crippen LogP) is 5.00. The fourth-order valence-electron chi connectivity index (χ4n) is 2.32. The lowest BCUT2D eigenvalue weighted by molar-refractivity contribution is 0.241. The van der Waals surface area contributed by atoms with Crippen molar-refractivity contribution in [1.29, 1.82) is 0 Å². The normalized spacial score (nSPS) is 12.7. The molecule has 2 N–H and O–H groups in total. The van der Waals surface area contributed by atoms with Crippen LogP contribution in [0.5, 0.6) is 0 Å². The van der Waals surface area contributed by atoms with Crippen molar-refractivity contribution >= 4 is 43.5 Å². The number of rotatable bonds is 5. The van der Waals surface area contributed by atoms with E-state index in [1.54, 1.807) is 0 Å². The van der Waals surface area contributed by atoms with Crippen molar-refractivity contribution in [2.75, 3.05) is 13.6 Å². The first-order chi connectivity index (χ1) is 10.0. The van der Waals surface area contributed by atoms with Gasteiger partial charge < -0.3 is 5.73 Å². The number of nitrogens with zero attached hydrogens (tertiary/aromatic N) is 1. The van der Waals surface area contributed by atoms with Gasteiger partial charge in [0.15, 0.2) is 0 Å². The average Bonchev–Trinajstić information content (AvgIpc) is 2.43. The number of hydrogen-bond donors (Lipinski definition) is 1. The number of nitrogens with two attached hydrogens (primary N) is 1. The van der Waals surface area contributed by atoms with E-state index in [4.69, 9.17) is 17.3 Å². The summed E-state index contributed by atoms with van der Waals surface area (Å²) in [5.74, 6) is 0. The lowest BCUT2D eigenvalue weighted by Gasteiger charge is -2.27. The fourth-order valence-corrected chi connectivity index (χ4v) is 3.28. The van der Waals surface area contributed by atoms with Crippen molar-refractivity contribution in [2.24, 2.45) is 5.73 Å². The molecule has 2 rings (SSSR count). The van der Waals surface area contributed by atoms with E-state index in [9.17, 15) is 0 Å². The quantitative estimate of drug-likeness (QED) is 0.721. The maximum atomic E-state index is 6.06. The van der Waals surface area contributed by atoms with Crippen molar-refractivity contribution in [3.63, 3.8) is 0 Å². The van der Waals surface area contributed by atoms with E-state index < -0.39 is 0 Å². The van der Waals surface area contributed by atoms with Gasteiger partial charge >= 0.3 is 0 Å². The summed E-state index contributed by atoms with van der Waals surface area (Å²) in [5.41, 5.74) is 8.39. The molecule has 2 aromatic carbocycles. The van der Waals surface area contributed by atoms with Crippen LogP contribution in [0.3, 0.4) is 0 Å². The molecule has 21 heavy (non-hydrogen) atoms. The molecule has 0 saturated heterocycles. The van der Waals surface area contributed by atoms with Gasteiger partial charge in [-0.25, -0.2) is 0 Å². The SMILES string of the molecule is CN(Cc1cccc(Br)c1)C(CN)c1ccc(Cl)c(Br)c1. The summed E-state index contributed by atoms with van der Waals surface area (Å²) in [6.07, 6.45) is 0. The maximum absolute atomic E-state index is 6.06. The molecule has 0 fully saturated rings. The van der Waals surface area contributed by atoms with Gasteiger partial charge in [-0.1, -0.05) is 45.7 Å². The van der Waals surface area contributed by atoms with E-state index in [2.05, 4.69) is 55.9 Å². The lowest BCUT2D eigenvalue weighted by Crippen LogP contribution is -2.30. The highest BCUT2D eigenvalue weighted by molar-refractivity contribution is 9.10. The Hall–Kier alpha value is -0.390. The first kappa shape index (κ1) is 17.0. The van der Waals surface area contributed by atoms with Crippen molar-refractivity contribution in [3.05, 3.63) is 67.6 Å². The van der Waals surface area contributed by atoms with Crippen LogP contribution < -0.4 is 5.73 Å². The molecular weight excluding hydrogens is 415 g/mol. The fraction of sp³-hybridized carbons (Fsp3) is 0.250. The minimum atomic E-state index is 0.151. The summed E-state index contributed by atoms with van der Waals surface area (Å²) in [4.78, 5) is 2.25. The molecule has 5 heteroatoms. The molecule has 0 aliphatic heterocycles. The van der Waals surface area contributed by atoms with Gasteiger partial charge in [0.1, 0.15) is 0 Å². The molecule has 0 radical (unpaired) electrons. The number of benzene rings is 2. The molecule has 2 nitrogen and oxygen atoms in total. The molecule has 0 aliphatic rings. The average molecular weight is 433 g/mol. The Kier molecular flexibility index (Phi) is 6.26. The standard InChI is InChI=1S/C16H17Br2ClN2/c1-21(10-11-3-2-4-13(17)7-11)16(9-20)12-5-6-15(19)14(18)8-12/h2-8,16H,9-10,20H2,1H3. The molecule has 0 aromatic heterocycles. The molecule has 0 heterocycles. The minimum absolute atomic E-state index is 0.151. The Balaban J connectivity index is 2.18. The Morgan fingerprint density at radius 1 is 1.19 bits per heavy atom.